The van der Waals surface area contributed by atoms with Crippen molar-refractivity contribution in [3.8, 4) is 11.5 Å². The van der Waals surface area contributed by atoms with Gasteiger partial charge in [-0.3, -0.25) is 4.99 Å². The van der Waals surface area contributed by atoms with Gasteiger partial charge in [0, 0.05) is 6.21 Å². The zero-order valence-corrected chi connectivity index (χ0v) is 19.4. The second kappa shape index (κ2) is 9.36. The molecule has 4 aromatic carbocycles. The lowest BCUT2D eigenvalue weighted by Crippen LogP contribution is -2.00. The third-order valence-corrected chi connectivity index (χ3v) is 5.81. The summed E-state index contributed by atoms with van der Waals surface area (Å²) in [6.45, 7) is 4.58. The van der Waals surface area contributed by atoms with Crippen LogP contribution in [-0.4, -0.2) is 13.3 Å². The van der Waals surface area contributed by atoms with Crippen LogP contribution in [0, 0.1) is 13.8 Å². The summed E-state index contributed by atoms with van der Waals surface area (Å²) in [4.78, 5) is 4.67. The van der Waals surface area contributed by atoms with Crippen molar-refractivity contribution in [2.24, 2.45) is 4.99 Å². The van der Waals surface area contributed by atoms with Crippen LogP contribution in [-0.2, 0) is 6.61 Å². The normalized spacial score (nSPS) is 11.2. The van der Waals surface area contributed by atoms with Gasteiger partial charge in [-0.25, -0.2) is 0 Å². The van der Waals surface area contributed by atoms with Crippen molar-refractivity contribution in [3.05, 3.63) is 99.5 Å². The molecule has 0 bridgehead atoms. The van der Waals surface area contributed by atoms with Gasteiger partial charge in [-0.2, -0.15) is 0 Å². The van der Waals surface area contributed by atoms with E-state index < -0.39 is 0 Å². The number of rotatable bonds is 6. The topological polar surface area (TPSA) is 30.8 Å². The van der Waals surface area contributed by atoms with Gasteiger partial charge in [0.15, 0.2) is 11.5 Å². The minimum absolute atomic E-state index is 0.451. The third kappa shape index (κ3) is 4.80. The summed E-state index contributed by atoms with van der Waals surface area (Å²) in [5.41, 5.74) is 5.36. The van der Waals surface area contributed by atoms with E-state index in [-0.39, 0.29) is 0 Å². The number of hydrogen-bond acceptors (Lipinski definition) is 3. The largest absolute Gasteiger partial charge is 0.493 e. The van der Waals surface area contributed by atoms with E-state index in [1.165, 1.54) is 16.3 Å². The van der Waals surface area contributed by atoms with Crippen LogP contribution in [0.25, 0.3) is 10.8 Å². The molecular weight excluding hydrogens is 450 g/mol. The number of halogens is 1. The Hall–Kier alpha value is -3.11. The highest BCUT2D eigenvalue weighted by Gasteiger charge is 2.12. The monoisotopic (exact) mass is 473 g/mol. The molecule has 0 fully saturated rings. The number of hydrogen-bond donors (Lipinski definition) is 0. The predicted octanol–water partition coefficient (Wildman–Crippen LogP) is 7.56. The maximum absolute atomic E-state index is 6.19. The lowest BCUT2D eigenvalue weighted by molar-refractivity contribution is 0.283. The summed E-state index contributed by atoms with van der Waals surface area (Å²) in [6, 6.07) is 24.8. The van der Waals surface area contributed by atoms with E-state index in [1.807, 2.05) is 30.5 Å². The fraction of sp³-hybridized carbons (Fsp3) is 0.148. The molecule has 4 rings (SSSR count). The number of aryl methyl sites for hydroxylation is 2. The first kappa shape index (κ1) is 21.1. The molecule has 0 radical (unpaired) electrons. The number of ether oxygens (including phenoxy) is 2. The van der Waals surface area contributed by atoms with Crippen molar-refractivity contribution in [2.75, 3.05) is 7.11 Å². The number of nitrogens with zero attached hydrogens (tertiary/aromatic N) is 1. The summed E-state index contributed by atoms with van der Waals surface area (Å²) < 4.78 is 12.6. The van der Waals surface area contributed by atoms with E-state index in [9.17, 15) is 0 Å². The summed E-state index contributed by atoms with van der Waals surface area (Å²) in [7, 11) is 1.65. The molecule has 0 aliphatic heterocycles. The third-order valence-electron chi connectivity index (χ3n) is 5.22. The molecular formula is C27H24BrNO2. The molecule has 0 aliphatic carbocycles. The highest BCUT2D eigenvalue weighted by Crippen LogP contribution is 2.37. The van der Waals surface area contributed by atoms with Crippen LogP contribution in [0.3, 0.4) is 0 Å². The summed E-state index contributed by atoms with van der Waals surface area (Å²) in [5, 5.41) is 2.39. The molecule has 3 nitrogen and oxygen atoms in total. The first-order valence-electron chi connectivity index (χ1n) is 10.1. The van der Waals surface area contributed by atoms with Crippen LogP contribution in [0.1, 0.15) is 22.3 Å². The Morgan fingerprint density at radius 1 is 0.935 bits per heavy atom. The van der Waals surface area contributed by atoms with Crippen LogP contribution in [0.4, 0.5) is 5.69 Å². The van der Waals surface area contributed by atoms with Crippen molar-refractivity contribution in [3.63, 3.8) is 0 Å². The van der Waals surface area contributed by atoms with Gasteiger partial charge in [0.25, 0.3) is 0 Å². The van der Waals surface area contributed by atoms with Crippen LogP contribution >= 0.6 is 15.9 Å². The highest BCUT2D eigenvalue weighted by atomic mass is 79.9. The maximum atomic E-state index is 6.19. The van der Waals surface area contributed by atoms with E-state index in [1.54, 1.807) is 7.11 Å². The molecule has 0 N–H and O–H groups in total. The van der Waals surface area contributed by atoms with E-state index >= 15 is 0 Å². The van der Waals surface area contributed by atoms with Gasteiger partial charge < -0.3 is 9.47 Å². The maximum Gasteiger partial charge on any atom is 0.175 e. The fourth-order valence-corrected chi connectivity index (χ4v) is 4.10. The van der Waals surface area contributed by atoms with Gasteiger partial charge >= 0.3 is 0 Å². The van der Waals surface area contributed by atoms with Crippen molar-refractivity contribution >= 4 is 38.6 Å². The first-order chi connectivity index (χ1) is 15.0. The van der Waals surface area contributed by atoms with Crippen LogP contribution in [0.5, 0.6) is 11.5 Å². The Morgan fingerprint density at radius 2 is 1.74 bits per heavy atom. The number of fused-ring (bicyclic) bond motifs is 1. The Labute approximate surface area is 191 Å². The lowest BCUT2D eigenvalue weighted by atomic mass is 10.1. The average Bonchev–Trinajstić information content (AvgIpc) is 2.78. The zero-order valence-electron chi connectivity index (χ0n) is 17.9. The van der Waals surface area contributed by atoms with Crippen molar-refractivity contribution in [1.29, 1.82) is 0 Å². The number of aliphatic imine (C=N–C) groups is 1. The number of benzene rings is 4. The van der Waals surface area contributed by atoms with Crippen LogP contribution in [0.15, 0.2) is 82.3 Å². The van der Waals surface area contributed by atoms with Gasteiger partial charge in [0.1, 0.15) is 6.61 Å². The Morgan fingerprint density at radius 3 is 2.58 bits per heavy atom. The molecule has 0 amide bonds. The summed E-state index contributed by atoms with van der Waals surface area (Å²) in [5.74, 6) is 1.34. The highest BCUT2D eigenvalue weighted by molar-refractivity contribution is 9.10. The SMILES string of the molecule is COc1cc(C=Nc2cc(C)ccc2C)cc(Br)c1OCc1cccc2ccccc12. The molecule has 31 heavy (non-hydrogen) atoms. The average molecular weight is 474 g/mol. The molecule has 0 saturated heterocycles. The van der Waals surface area contributed by atoms with Gasteiger partial charge in [-0.1, -0.05) is 54.6 Å². The molecule has 0 unspecified atom stereocenters. The minimum atomic E-state index is 0.451. The Balaban J connectivity index is 1.59. The van der Waals surface area contributed by atoms with E-state index in [0.29, 0.717) is 18.1 Å². The molecule has 0 atom stereocenters. The van der Waals surface area contributed by atoms with Crippen molar-refractivity contribution < 1.29 is 9.47 Å². The Kier molecular flexibility index (Phi) is 6.38. The van der Waals surface area contributed by atoms with E-state index in [2.05, 4.69) is 83.3 Å². The lowest BCUT2D eigenvalue weighted by Gasteiger charge is -2.14. The standard InChI is InChI=1S/C27H24BrNO2/c1-18-11-12-19(2)25(13-18)29-16-20-14-24(28)27(26(15-20)30-3)31-17-22-9-6-8-21-7-4-5-10-23(21)22/h4-16H,17H2,1-3H3. The molecule has 0 spiro atoms. The molecule has 156 valence electrons. The van der Waals surface area contributed by atoms with E-state index in [0.717, 1.165) is 26.9 Å². The second-order valence-corrected chi connectivity index (χ2v) is 8.36. The minimum Gasteiger partial charge on any atom is -0.493 e. The van der Waals surface area contributed by atoms with Gasteiger partial charge in [-0.05, 0) is 81.0 Å². The van der Waals surface area contributed by atoms with E-state index in [4.69, 9.17) is 9.47 Å². The molecule has 0 heterocycles. The van der Waals surface area contributed by atoms with Crippen LogP contribution < -0.4 is 9.47 Å². The summed E-state index contributed by atoms with van der Waals surface area (Å²) in [6.07, 6.45) is 1.85. The molecule has 4 heteroatoms. The molecule has 0 saturated carbocycles. The van der Waals surface area contributed by atoms with Crippen molar-refractivity contribution in [1.82, 2.24) is 0 Å². The molecule has 4 aromatic rings. The first-order valence-corrected chi connectivity index (χ1v) is 10.9. The molecule has 0 aromatic heterocycles. The zero-order chi connectivity index (χ0) is 21.8. The van der Waals surface area contributed by atoms with Gasteiger partial charge in [0.05, 0.1) is 17.3 Å². The van der Waals surface area contributed by atoms with Gasteiger partial charge in [0.2, 0.25) is 0 Å². The predicted molar refractivity (Wildman–Crippen MR) is 132 cm³/mol. The van der Waals surface area contributed by atoms with Crippen molar-refractivity contribution in [2.45, 2.75) is 20.5 Å². The Bertz CT molecular complexity index is 1260. The molecule has 0 aliphatic rings. The second-order valence-electron chi connectivity index (χ2n) is 7.51. The number of methoxy groups -OCH3 is 1. The fourth-order valence-electron chi connectivity index (χ4n) is 3.53. The summed E-state index contributed by atoms with van der Waals surface area (Å²) >= 11 is 3.65. The van der Waals surface area contributed by atoms with Gasteiger partial charge in [-0.15, -0.1) is 0 Å². The smallest absolute Gasteiger partial charge is 0.175 e. The van der Waals surface area contributed by atoms with Crippen LogP contribution in [0.2, 0.25) is 0 Å². The quantitative estimate of drug-likeness (QED) is 0.270.